The quantitative estimate of drug-likeness (QED) is 0.0208. The summed E-state index contributed by atoms with van der Waals surface area (Å²) >= 11 is 0. The SMILES string of the molecule is CC\C=C/C=C\C=C/C=C\CCCCCCCC(=O)OCC(COC(=O)CCCC/C=C\C/C=C\CC)OC(=O)CCCCCCC\C=C/C=C\C=C/CC. The summed E-state index contributed by atoms with van der Waals surface area (Å²) in [7, 11) is 0. The Morgan fingerprint density at radius 1 is 0.382 bits per heavy atom. The van der Waals surface area contributed by atoms with Crippen LogP contribution in [-0.2, 0) is 28.6 Å². The maximum Gasteiger partial charge on any atom is 0.306 e. The predicted octanol–water partition coefficient (Wildman–Crippen LogP) is 13.6. The fraction of sp³-hybridized carbons (Fsp3) is 0.571. The number of ether oxygens (including phenoxy) is 3. The third-order valence-electron chi connectivity index (χ3n) is 8.41. The molecule has 0 fully saturated rings. The van der Waals surface area contributed by atoms with Crippen LogP contribution < -0.4 is 0 Å². The molecule has 0 bridgehead atoms. The minimum absolute atomic E-state index is 0.112. The largest absolute Gasteiger partial charge is 0.462 e. The van der Waals surface area contributed by atoms with Crippen molar-refractivity contribution in [2.24, 2.45) is 0 Å². The number of esters is 3. The summed E-state index contributed by atoms with van der Waals surface area (Å²) < 4.78 is 16.6. The van der Waals surface area contributed by atoms with Gasteiger partial charge in [0.2, 0.25) is 0 Å². The molecule has 55 heavy (non-hydrogen) atoms. The smallest absolute Gasteiger partial charge is 0.306 e. The van der Waals surface area contributed by atoms with Crippen LogP contribution in [0, 0.1) is 0 Å². The number of carbonyl (C=O) groups is 3. The number of hydrogen-bond acceptors (Lipinski definition) is 6. The van der Waals surface area contributed by atoms with Gasteiger partial charge in [0.1, 0.15) is 13.2 Å². The highest BCUT2D eigenvalue weighted by molar-refractivity contribution is 5.71. The zero-order valence-electron chi connectivity index (χ0n) is 34.9. The Hall–Kier alpha value is -3.93. The molecule has 0 aliphatic heterocycles. The van der Waals surface area contributed by atoms with E-state index >= 15 is 0 Å². The summed E-state index contributed by atoms with van der Waals surface area (Å²) in [4.78, 5) is 37.6. The molecular weight excluding hydrogens is 685 g/mol. The molecule has 1 unspecified atom stereocenters. The van der Waals surface area contributed by atoms with E-state index in [1.54, 1.807) is 0 Å². The number of carbonyl (C=O) groups excluding carboxylic acids is 3. The average molecular weight is 761 g/mol. The fourth-order valence-corrected chi connectivity index (χ4v) is 5.25. The first-order valence-electron chi connectivity index (χ1n) is 21.5. The van der Waals surface area contributed by atoms with Gasteiger partial charge in [0.05, 0.1) is 0 Å². The average Bonchev–Trinajstić information content (AvgIpc) is 3.18. The Bertz CT molecular complexity index is 1200. The first kappa shape index (κ1) is 51.1. The molecule has 0 aliphatic rings. The maximum atomic E-state index is 12.7. The van der Waals surface area contributed by atoms with Crippen molar-refractivity contribution in [3.8, 4) is 0 Å². The van der Waals surface area contributed by atoms with Crippen LogP contribution in [0.25, 0.3) is 0 Å². The normalized spacial score (nSPS) is 13.1. The molecule has 0 saturated heterocycles. The van der Waals surface area contributed by atoms with Gasteiger partial charge in [-0.3, -0.25) is 14.4 Å². The Morgan fingerprint density at radius 3 is 1.25 bits per heavy atom. The molecule has 0 aromatic heterocycles. The summed E-state index contributed by atoms with van der Waals surface area (Å²) in [5, 5.41) is 0. The lowest BCUT2D eigenvalue weighted by Gasteiger charge is -2.18. The van der Waals surface area contributed by atoms with Crippen molar-refractivity contribution in [2.45, 2.75) is 168 Å². The Kier molecular flexibility index (Phi) is 39.7. The minimum Gasteiger partial charge on any atom is -0.462 e. The van der Waals surface area contributed by atoms with Gasteiger partial charge in [-0.05, 0) is 83.5 Å². The van der Waals surface area contributed by atoms with Gasteiger partial charge in [0, 0.05) is 19.3 Å². The lowest BCUT2D eigenvalue weighted by molar-refractivity contribution is -0.167. The van der Waals surface area contributed by atoms with Crippen molar-refractivity contribution in [1.82, 2.24) is 0 Å². The highest BCUT2D eigenvalue weighted by atomic mass is 16.6. The van der Waals surface area contributed by atoms with E-state index in [1.807, 2.05) is 30.4 Å². The monoisotopic (exact) mass is 761 g/mol. The van der Waals surface area contributed by atoms with E-state index in [2.05, 4.69) is 99.8 Å². The third-order valence-corrected chi connectivity index (χ3v) is 8.41. The Labute approximate surface area is 336 Å². The van der Waals surface area contributed by atoms with Crippen molar-refractivity contribution in [3.63, 3.8) is 0 Å². The van der Waals surface area contributed by atoms with Crippen LogP contribution in [0.15, 0.2) is 109 Å². The predicted molar refractivity (Wildman–Crippen MR) is 233 cm³/mol. The van der Waals surface area contributed by atoms with Crippen LogP contribution in [0.5, 0.6) is 0 Å². The van der Waals surface area contributed by atoms with Crippen molar-refractivity contribution >= 4 is 17.9 Å². The third kappa shape index (κ3) is 41.1. The lowest BCUT2D eigenvalue weighted by atomic mass is 10.1. The second-order valence-electron chi connectivity index (χ2n) is 13.6. The molecule has 0 aromatic carbocycles. The minimum atomic E-state index is -0.811. The maximum absolute atomic E-state index is 12.7. The second kappa shape index (κ2) is 42.8. The van der Waals surface area contributed by atoms with E-state index in [0.717, 1.165) is 122 Å². The van der Waals surface area contributed by atoms with E-state index in [9.17, 15) is 14.4 Å². The number of rotatable bonds is 36. The van der Waals surface area contributed by atoms with Gasteiger partial charge < -0.3 is 14.2 Å². The molecule has 6 nitrogen and oxygen atoms in total. The van der Waals surface area contributed by atoms with Crippen LogP contribution in [0.4, 0.5) is 0 Å². The molecule has 1 atom stereocenters. The summed E-state index contributed by atoms with van der Waals surface area (Å²) in [5.74, 6) is -1.01. The van der Waals surface area contributed by atoms with Gasteiger partial charge in [-0.2, -0.15) is 0 Å². The molecule has 0 spiro atoms. The summed E-state index contributed by atoms with van der Waals surface area (Å²) in [6, 6.07) is 0. The van der Waals surface area contributed by atoms with Crippen molar-refractivity contribution in [2.75, 3.05) is 13.2 Å². The van der Waals surface area contributed by atoms with Crippen LogP contribution >= 0.6 is 0 Å². The van der Waals surface area contributed by atoms with E-state index in [4.69, 9.17) is 14.2 Å². The fourth-order valence-electron chi connectivity index (χ4n) is 5.25. The highest BCUT2D eigenvalue weighted by Crippen LogP contribution is 2.12. The highest BCUT2D eigenvalue weighted by Gasteiger charge is 2.19. The van der Waals surface area contributed by atoms with E-state index in [0.29, 0.717) is 12.8 Å². The molecule has 0 N–H and O–H groups in total. The van der Waals surface area contributed by atoms with Gasteiger partial charge in [-0.15, -0.1) is 0 Å². The van der Waals surface area contributed by atoms with Crippen molar-refractivity contribution < 1.29 is 28.6 Å². The molecule has 6 heteroatoms. The lowest BCUT2D eigenvalue weighted by Crippen LogP contribution is -2.30. The topological polar surface area (TPSA) is 78.9 Å². The molecule has 0 aromatic rings. The van der Waals surface area contributed by atoms with Gasteiger partial charge in [-0.25, -0.2) is 0 Å². The van der Waals surface area contributed by atoms with Crippen LogP contribution in [0.1, 0.15) is 162 Å². The van der Waals surface area contributed by atoms with Crippen molar-refractivity contribution in [1.29, 1.82) is 0 Å². The van der Waals surface area contributed by atoms with Crippen LogP contribution in [-0.4, -0.2) is 37.2 Å². The van der Waals surface area contributed by atoms with E-state index < -0.39 is 6.10 Å². The summed E-state index contributed by atoms with van der Waals surface area (Å²) in [6.07, 6.45) is 56.5. The Morgan fingerprint density at radius 2 is 0.745 bits per heavy atom. The van der Waals surface area contributed by atoms with E-state index in [1.165, 1.54) is 0 Å². The Balaban J connectivity index is 4.50. The van der Waals surface area contributed by atoms with Gasteiger partial charge in [0.25, 0.3) is 0 Å². The first-order valence-corrected chi connectivity index (χ1v) is 21.5. The van der Waals surface area contributed by atoms with Gasteiger partial charge in [0.15, 0.2) is 6.10 Å². The molecule has 0 rings (SSSR count). The van der Waals surface area contributed by atoms with E-state index in [-0.39, 0.29) is 37.5 Å². The standard InChI is InChI=1S/C49H76O6/c1-4-7-10-13-16-19-21-23-24-26-27-30-33-36-39-42-48(51)54-45-46(44-53-47(50)41-38-35-32-29-18-15-12-9-6-3)55-49(52)43-40-37-34-31-28-25-22-20-17-14-11-8-5-2/h7-14,16-24,29,46H,4-6,15,25-28,30-45H2,1-3H3/b10-7-,11-8-,12-9-,16-13-,17-14-,21-19-,22-20-,24-23-,29-18-. The molecule has 308 valence electrons. The molecule has 0 aliphatic carbocycles. The summed E-state index contributed by atoms with van der Waals surface area (Å²) in [5.41, 5.74) is 0. The zero-order valence-corrected chi connectivity index (χ0v) is 34.9. The first-order chi connectivity index (χ1) is 27.0. The van der Waals surface area contributed by atoms with Crippen LogP contribution in [0.3, 0.4) is 0 Å². The molecule has 0 radical (unpaired) electrons. The number of hydrogen-bond donors (Lipinski definition) is 0. The molecular formula is C49H76O6. The number of allylic oxidation sites excluding steroid dienone is 18. The van der Waals surface area contributed by atoms with Crippen molar-refractivity contribution in [3.05, 3.63) is 109 Å². The second-order valence-corrected chi connectivity index (χ2v) is 13.6. The molecule has 0 amide bonds. The van der Waals surface area contributed by atoms with Gasteiger partial charge in [-0.1, -0.05) is 169 Å². The number of unbranched alkanes of at least 4 members (excludes halogenated alkanes) is 12. The van der Waals surface area contributed by atoms with Crippen LogP contribution in [0.2, 0.25) is 0 Å². The molecule has 0 saturated carbocycles. The van der Waals surface area contributed by atoms with Gasteiger partial charge >= 0.3 is 17.9 Å². The summed E-state index contributed by atoms with van der Waals surface area (Å²) in [6.45, 7) is 6.13. The zero-order chi connectivity index (χ0) is 40.1. The molecule has 0 heterocycles.